The second kappa shape index (κ2) is 8.24. The third kappa shape index (κ3) is 4.60. The van der Waals surface area contributed by atoms with Crippen LogP contribution < -0.4 is 0 Å². The minimum absolute atomic E-state index is 0.469. The number of nitro groups is 2. The zero-order valence-electron chi connectivity index (χ0n) is 11.6. The minimum Gasteiger partial charge on any atom is -0.259 e. The van der Waals surface area contributed by atoms with Crippen LogP contribution in [0, 0.1) is 20.2 Å². The van der Waals surface area contributed by atoms with Crippen molar-refractivity contribution in [2.75, 3.05) is 0 Å². The Morgan fingerprint density at radius 2 is 1.60 bits per heavy atom. The highest BCUT2D eigenvalue weighted by Crippen LogP contribution is 2.28. The Kier molecular flexibility index (Phi) is 6.63. The van der Waals surface area contributed by atoms with Gasteiger partial charge < -0.3 is 0 Å². The molecule has 0 heterocycles. The first-order valence-corrected chi connectivity index (χ1v) is 6.89. The average molecular weight is 280 g/mol. The summed E-state index contributed by atoms with van der Waals surface area (Å²) >= 11 is 0. The Hall–Kier alpha value is -1.98. The van der Waals surface area contributed by atoms with Crippen LogP contribution in [0.15, 0.2) is 30.3 Å². The maximum absolute atomic E-state index is 11.0. The molecule has 0 aliphatic carbocycles. The topological polar surface area (TPSA) is 86.3 Å². The summed E-state index contributed by atoms with van der Waals surface area (Å²) in [4.78, 5) is 20.5. The predicted octanol–water partition coefficient (Wildman–Crippen LogP) is 3.62. The van der Waals surface area contributed by atoms with Crippen molar-refractivity contribution in [1.29, 1.82) is 0 Å². The van der Waals surface area contributed by atoms with Crippen molar-refractivity contribution >= 4 is 0 Å². The molecule has 20 heavy (non-hydrogen) atoms. The molecule has 0 saturated heterocycles. The van der Waals surface area contributed by atoms with Crippen molar-refractivity contribution < 1.29 is 9.85 Å². The Morgan fingerprint density at radius 1 is 1.00 bits per heavy atom. The van der Waals surface area contributed by atoms with Crippen LogP contribution in [0.1, 0.15) is 50.5 Å². The van der Waals surface area contributed by atoms with Gasteiger partial charge in [-0.25, -0.2) is 0 Å². The normalized spacial score (nSPS) is 12.3. The first-order valence-electron chi connectivity index (χ1n) is 6.89. The molecule has 0 aromatic heterocycles. The number of rotatable bonds is 9. The van der Waals surface area contributed by atoms with E-state index in [1.54, 1.807) is 30.3 Å². The first-order chi connectivity index (χ1) is 9.57. The molecule has 0 fully saturated rings. The van der Waals surface area contributed by atoms with E-state index in [1.165, 1.54) is 0 Å². The van der Waals surface area contributed by atoms with E-state index >= 15 is 0 Å². The zero-order chi connectivity index (χ0) is 15.0. The first kappa shape index (κ1) is 16.1. The van der Waals surface area contributed by atoms with Crippen molar-refractivity contribution in [2.45, 2.75) is 51.1 Å². The van der Waals surface area contributed by atoms with Crippen LogP contribution in [0.3, 0.4) is 0 Å². The summed E-state index contributed by atoms with van der Waals surface area (Å²) in [6, 6.07) is 8.76. The summed E-state index contributed by atoms with van der Waals surface area (Å²) < 4.78 is 0. The maximum atomic E-state index is 11.0. The van der Waals surface area contributed by atoms with Gasteiger partial charge in [-0.1, -0.05) is 62.9 Å². The Balaban J connectivity index is 2.88. The van der Waals surface area contributed by atoms with Crippen LogP contribution in [0.25, 0.3) is 0 Å². The highest BCUT2D eigenvalue weighted by atomic mass is 16.7. The molecule has 0 spiro atoms. The second-order valence-electron chi connectivity index (χ2n) is 4.85. The van der Waals surface area contributed by atoms with Crippen LogP contribution in [-0.4, -0.2) is 16.0 Å². The van der Waals surface area contributed by atoms with E-state index in [2.05, 4.69) is 6.92 Å². The lowest BCUT2D eigenvalue weighted by Gasteiger charge is -2.15. The third-order valence-corrected chi connectivity index (χ3v) is 3.39. The fourth-order valence-corrected chi connectivity index (χ4v) is 2.35. The molecule has 0 aliphatic rings. The highest BCUT2D eigenvalue weighted by molar-refractivity contribution is 5.20. The van der Waals surface area contributed by atoms with Crippen molar-refractivity contribution in [1.82, 2.24) is 0 Å². The van der Waals surface area contributed by atoms with Crippen LogP contribution in [0.5, 0.6) is 0 Å². The fourth-order valence-electron chi connectivity index (χ4n) is 2.35. The molecule has 110 valence electrons. The van der Waals surface area contributed by atoms with E-state index in [4.69, 9.17) is 0 Å². The summed E-state index contributed by atoms with van der Waals surface area (Å²) in [6.45, 7) is 2.07. The molecule has 0 radical (unpaired) electrons. The van der Waals surface area contributed by atoms with Gasteiger partial charge in [0, 0.05) is 0 Å². The van der Waals surface area contributed by atoms with Gasteiger partial charge in [-0.15, -0.1) is 0 Å². The lowest BCUT2D eigenvalue weighted by Crippen LogP contribution is -2.35. The standard InChI is InChI=1S/C14H20N2O4/c1-2-3-4-8-11-13(12-9-6-5-7-10-12)14(15(17)18)16(19)20/h5-7,9-10,13-14H,2-4,8,11H2,1H3. The number of benzene rings is 1. The van der Waals surface area contributed by atoms with E-state index in [9.17, 15) is 20.2 Å². The van der Waals surface area contributed by atoms with Gasteiger partial charge in [0.2, 0.25) is 0 Å². The molecule has 6 heteroatoms. The van der Waals surface area contributed by atoms with Crippen molar-refractivity contribution in [3.8, 4) is 0 Å². The average Bonchev–Trinajstić information content (AvgIpc) is 2.42. The number of unbranched alkanes of at least 4 members (excludes halogenated alkanes) is 3. The zero-order valence-corrected chi connectivity index (χ0v) is 11.6. The molecular formula is C14H20N2O4. The predicted molar refractivity (Wildman–Crippen MR) is 75.7 cm³/mol. The summed E-state index contributed by atoms with van der Waals surface area (Å²) in [6.07, 6.45) is 2.52. The summed E-state index contributed by atoms with van der Waals surface area (Å²) in [5.74, 6) is -0.668. The van der Waals surface area contributed by atoms with Crippen molar-refractivity contribution in [2.24, 2.45) is 0 Å². The monoisotopic (exact) mass is 280 g/mol. The lowest BCUT2D eigenvalue weighted by atomic mass is 9.90. The lowest BCUT2D eigenvalue weighted by molar-refractivity contribution is -0.746. The van der Waals surface area contributed by atoms with E-state index in [1.807, 2.05) is 0 Å². The quantitative estimate of drug-likeness (QED) is 0.299. The summed E-state index contributed by atoms with van der Waals surface area (Å²) in [7, 11) is 0. The SMILES string of the molecule is CCCCCCC(c1ccccc1)C([N+](=O)[O-])[N+](=O)[O-]. The van der Waals surface area contributed by atoms with Gasteiger partial charge in [0.25, 0.3) is 0 Å². The summed E-state index contributed by atoms with van der Waals surface area (Å²) in [5, 5.41) is 22.0. The van der Waals surface area contributed by atoms with Crippen LogP contribution in [0.4, 0.5) is 0 Å². The maximum Gasteiger partial charge on any atom is 0.457 e. The molecule has 1 unspecified atom stereocenters. The Morgan fingerprint density at radius 3 is 2.10 bits per heavy atom. The summed E-state index contributed by atoms with van der Waals surface area (Å²) in [5.41, 5.74) is 0.669. The molecule has 0 amide bonds. The van der Waals surface area contributed by atoms with Crippen molar-refractivity contribution in [3.63, 3.8) is 0 Å². The van der Waals surface area contributed by atoms with Gasteiger partial charge in [-0.3, -0.25) is 20.2 Å². The van der Waals surface area contributed by atoms with Gasteiger partial charge in [-0.2, -0.15) is 0 Å². The van der Waals surface area contributed by atoms with E-state index in [0.717, 1.165) is 25.7 Å². The van der Waals surface area contributed by atoms with E-state index in [-0.39, 0.29) is 0 Å². The molecule has 0 saturated carbocycles. The van der Waals surface area contributed by atoms with Gasteiger partial charge in [-0.05, 0) is 12.0 Å². The second-order valence-corrected chi connectivity index (χ2v) is 4.85. The molecule has 0 aliphatic heterocycles. The number of hydrogen-bond acceptors (Lipinski definition) is 4. The Bertz CT molecular complexity index is 422. The third-order valence-electron chi connectivity index (χ3n) is 3.39. The van der Waals surface area contributed by atoms with Gasteiger partial charge in [0.05, 0.1) is 9.85 Å². The fraction of sp³-hybridized carbons (Fsp3) is 0.571. The molecule has 1 rings (SSSR count). The molecule has 0 bridgehead atoms. The highest BCUT2D eigenvalue weighted by Gasteiger charge is 2.42. The van der Waals surface area contributed by atoms with E-state index < -0.39 is 21.9 Å². The molecule has 0 N–H and O–H groups in total. The number of nitrogens with zero attached hydrogens (tertiary/aromatic N) is 2. The number of hydrogen-bond donors (Lipinski definition) is 0. The largest absolute Gasteiger partial charge is 0.457 e. The minimum atomic E-state index is -1.76. The molecule has 1 aromatic carbocycles. The van der Waals surface area contributed by atoms with Crippen LogP contribution >= 0.6 is 0 Å². The van der Waals surface area contributed by atoms with E-state index in [0.29, 0.717) is 12.0 Å². The molecule has 1 atom stereocenters. The molecule has 1 aromatic rings. The van der Waals surface area contributed by atoms with Gasteiger partial charge in [0.1, 0.15) is 5.92 Å². The smallest absolute Gasteiger partial charge is 0.259 e. The molecular weight excluding hydrogens is 260 g/mol. The van der Waals surface area contributed by atoms with Crippen LogP contribution in [0.2, 0.25) is 0 Å². The van der Waals surface area contributed by atoms with Crippen LogP contribution in [-0.2, 0) is 0 Å². The van der Waals surface area contributed by atoms with Crippen molar-refractivity contribution in [3.05, 3.63) is 56.1 Å². The van der Waals surface area contributed by atoms with Gasteiger partial charge >= 0.3 is 6.17 Å². The molecule has 6 nitrogen and oxygen atoms in total. The van der Waals surface area contributed by atoms with Gasteiger partial charge in [0.15, 0.2) is 0 Å². The Labute approximate surface area is 118 Å².